The first-order valence-corrected chi connectivity index (χ1v) is 6.43. The Hall–Kier alpha value is -2.36. The van der Waals surface area contributed by atoms with Crippen LogP contribution in [-0.4, -0.2) is 19.1 Å². The fraction of sp³-hybridized carbons (Fsp3) is 0.188. The summed E-state index contributed by atoms with van der Waals surface area (Å²) in [4.78, 5) is 11.7. The van der Waals surface area contributed by atoms with Crippen molar-refractivity contribution in [1.82, 2.24) is 5.32 Å². The summed E-state index contributed by atoms with van der Waals surface area (Å²) in [5, 5.41) is 2.76. The summed E-state index contributed by atoms with van der Waals surface area (Å²) in [7, 11) is 0. The average molecular weight is 273 g/mol. The largest absolute Gasteiger partial charge is 0.492 e. The lowest BCUT2D eigenvalue weighted by Crippen LogP contribution is -2.29. The van der Waals surface area contributed by atoms with Gasteiger partial charge in [-0.25, -0.2) is 4.39 Å². The molecule has 0 saturated heterocycles. The van der Waals surface area contributed by atoms with Crippen LogP contribution >= 0.6 is 0 Å². The van der Waals surface area contributed by atoms with Crippen LogP contribution < -0.4 is 10.1 Å². The molecule has 0 bridgehead atoms. The van der Waals surface area contributed by atoms with Crippen LogP contribution in [0.15, 0.2) is 54.6 Å². The average Bonchev–Trinajstić information content (AvgIpc) is 2.45. The Morgan fingerprint density at radius 3 is 2.65 bits per heavy atom. The number of benzene rings is 2. The quantitative estimate of drug-likeness (QED) is 0.821. The third-order valence-electron chi connectivity index (χ3n) is 2.70. The molecule has 3 nitrogen and oxygen atoms in total. The fourth-order valence-electron chi connectivity index (χ4n) is 1.76. The second-order valence-corrected chi connectivity index (χ2v) is 4.32. The second kappa shape index (κ2) is 7.28. The number of hydrogen-bond acceptors (Lipinski definition) is 2. The van der Waals surface area contributed by atoms with Crippen LogP contribution in [0.5, 0.6) is 5.75 Å². The zero-order valence-electron chi connectivity index (χ0n) is 11.0. The zero-order valence-corrected chi connectivity index (χ0v) is 11.0. The van der Waals surface area contributed by atoms with E-state index in [0.29, 0.717) is 25.3 Å². The van der Waals surface area contributed by atoms with Crippen LogP contribution in [0.3, 0.4) is 0 Å². The van der Waals surface area contributed by atoms with Gasteiger partial charge in [0.05, 0.1) is 13.0 Å². The molecular formula is C16H16FNO2. The lowest BCUT2D eigenvalue weighted by Gasteiger charge is -2.08. The first-order chi connectivity index (χ1) is 9.74. The van der Waals surface area contributed by atoms with Crippen LogP contribution in [0.4, 0.5) is 4.39 Å². The molecule has 20 heavy (non-hydrogen) atoms. The lowest BCUT2D eigenvalue weighted by atomic mass is 10.1. The van der Waals surface area contributed by atoms with Crippen molar-refractivity contribution < 1.29 is 13.9 Å². The minimum absolute atomic E-state index is 0.0564. The molecule has 104 valence electrons. The van der Waals surface area contributed by atoms with E-state index in [9.17, 15) is 9.18 Å². The molecule has 1 amide bonds. The standard InChI is InChI=1S/C16H16FNO2/c17-14-7-4-8-15(12-14)20-10-9-18-16(19)11-13-5-2-1-3-6-13/h1-8,12H,9-11H2,(H,18,19). The summed E-state index contributed by atoms with van der Waals surface area (Å²) >= 11 is 0. The van der Waals surface area contributed by atoms with Crippen molar-refractivity contribution in [1.29, 1.82) is 0 Å². The summed E-state index contributed by atoms with van der Waals surface area (Å²) in [6.45, 7) is 0.701. The van der Waals surface area contributed by atoms with Gasteiger partial charge in [-0.2, -0.15) is 0 Å². The Bertz CT molecular complexity index is 557. The first kappa shape index (κ1) is 14.1. The molecule has 0 aromatic heterocycles. The van der Waals surface area contributed by atoms with Gasteiger partial charge in [-0.05, 0) is 17.7 Å². The first-order valence-electron chi connectivity index (χ1n) is 6.43. The molecule has 0 saturated carbocycles. The van der Waals surface area contributed by atoms with Gasteiger partial charge >= 0.3 is 0 Å². The second-order valence-electron chi connectivity index (χ2n) is 4.32. The van der Waals surface area contributed by atoms with Gasteiger partial charge in [0.25, 0.3) is 0 Å². The van der Waals surface area contributed by atoms with Gasteiger partial charge in [-0.3, -0.25) is 4.79 Å². The molecule has 0 unspecified atom stereocenters. The summed E-state index contributed by atoms with van der Waals surface area (Å²) in [5.74, 6) is 0.0666. The number of ether oxygens (including phenoxy) is 1. The van der Waals surface area contributed by atoms with Gasteiger partial charge < -0.3 is 10.1 Å². The molecule has 0 aliphatic heterocycles. The Kier molecular flexibility index (Phi) is 5.12. The maximum absolute atomic E-state index is 12.9. The van der Waals surface area contributed by atoms with Gasteiger partial charge in [-0.15, -0.1) is 0 Å². The predicted molar refractivity (Wildman–Crippen MR) is 75.1 cm³/mol. The van der Waals surface area contributed by atoms with Gasteiger partial charge in [0.2, 0.25) is 5.91 Å². The smallest absolute Gasteiger partial charge is 0.224 e. The van der Waals surface area contributed by atoms with Gasteiger partial charge in [0.1, 0.15) is 18.2 Å². The summed E-state index contributed by atoms with van der Waals surface area (Å²) < 4.78 is 18.2. The van der Waals surface area contributed by atoms with Gasteiger partial charge in [0.15, 0.2) is 0 Å². The van der Waals surface area contributed by atoms with E-state index in [1.807, 2.05) is 30.3 Å². The van der Waals surface area contributed by atoms with Crippen LogP contribution in [0.2, 0.25) is 0 Å². The van der Waals surface area contributed by atoms with E-state index in [1.165, 1.54) is 12.1 Å². The predicted octanol–water partition coefficient (Wildman–Crippen LogP) is 2.56. The van der Waals surface area contributed by atoms with Crippen molar-refractivity contribution in [2.75, 3.05) is 13.2 Å². The van der Waals surface area contributed by atoms with Crippen LogP contribution in [0.25, 0.3) is 0 Å². The van der Waals surface area contributed by atoms with E-state index in [1.54, 1.807) is 12.1 Å². The van der Waals surface area contributed by atoms with Crippen LogP contribution in [0.1, 0.15) is 5.56 Å². The minimum atomic E-state index is -0.337. The maximum atomic E-state index is 12.9. The fourth-order valence-corrected chi connectivity index (χ4v) is 1.76. The maximum Gasteiger partial charge on any atom is 0.224 e. The van der Waals surface area contributed by atoms with Gasteiger partial charge in [0, 0.05) is 6.07 Å². The molecule has 0 fully saturated rings. The summed E-state index contributed by atoms with van der Waals surface area (Å²) in [6, 6.07) is 15.4. The van der Waals surface area contributed by atoms with Crippen molar-refractivity contribution in [3.8, 4) is 5.75 Å². The SMILES string of the molecule is O=C(Cc1ccccc1)NCCOc1cccc(F)c1. The number of rotatable bonds is 6. The molecule has 0 spiro atoms. The van der Waals surface area contributed by atoms with Crippen molar-refractivity contribution in [2.45, 2.75) is 6.42 Å². The Balaban J connectivity index is 1.67. The lowest BCUT2D eigenvalue weighted by molar-refractivity contribution is -0.120. The third-order valence-corrected chi connectivity index (χ3v) is 2.70. The number of amides is 1. The molecule has 0 aliphatic rings. The van der Waals surface area contributed by atoms with Crippen LogP contribution in [-0.2, 0) is 11.2 Å². The molecule has 1 N–H and O–H groups in total. The van der Waals surface area contributed by atoms with Crippen molar-refractivity contribution in [3.05, 3.63) is 66.0 Å². The Morgan fingerprint density at radius 2 is 1.90 bits per heavy atom. The molecule has 0 aliphatic carbocycles. The number of carbonyl (C=O) groups excluding carboxylic acids is 1. The number of halogens is 1. The Morgan fingerprint density at radius 1 is 1.10 bits per heavy atom. The molecule has 2 rings (SSSR count). The van der Waals surface area contributed by atoms with Crippen molar-refractivity contribution >= 4 is 5.91 Å². The summed E-state index contributed by atoms with van der Waals surface area (Å²) in [5.41, 5.74) is 0.969. The Labute approximate surface area is 117 Å². The number of nitrogens with one attached hydrogen (secondary N) is 1. The highest BCUT2D eigenvalue weighted by atomic mass is 19.1. The topological polar surface area (TPSA) is 38.3 Å². The minimum Gasteiger partial charge on any atom is -0.492 e. The highest BCUT2D eigenvalue weighted by Crippen LogP contribution is 2.11. The molecule has 2 aromatic rings. The molecule has 0 atom stereocenters. The highest BCUT2D eigenvalue weighted by molar-refractivity contribution is 5.78. The monoisotopic (exact) mass is 273 g/mol. The highest BCUT2D eigenvalue weighted by Gasteiger charge is 2.02. The van der Waals surface area contributed by atoms with Crippen molar-refractivity contribution in [2.24, 2.45) is 0 Å². The molecule has 2 aromatic carbocycles. The van der Waals surface area contributed by atoms with E-state index < -0.39 is 0 Å². The van der Waals surface area contributed by atoms with E-state index in [2.05, 4.69) is 5.32 Å². The van der Waals surface area contributed by atoms with E-state index in [4.69, 9.17) is 4.74 Å². The molecular weight excluding hydrogens is 257 g/mol. The molecule has 0 heterocycles. The zero-order chi connectivity index (χ0) is 14.2. The molecule has 0 radical (unpaired) electrons. The third kappa shape index (κ3) is 4.72. The number of carbonyl (C=O) groups is 1. The van der Waals surface area contributed by atoms with E-state index in [0.717, 1.165) is 5.56 Å². The summed E-state index contributed by atoms with van der Waals surface area (Å²) in [6.07, 6.45) is 0.348. The van der Waals surface area contributed by atoms with Crippen molar-refractivity contribution in [3.63, 3.8) is 0 Å². The normalized spacial score (nSPS) is 10.1. The van der Waals surface area contributed by atoms with E-state index >= 15 is 0 Å². The van der Waals surface area contributed by atoms with E-state index in [-0.39, 0.29) is 11.7 Å². The number of hydrogen-bond donors (Lipinski definition) is 1. The van der Waals surface area contributed by atoms with Crippen LogP contribution in [0, 0.1) is 5.82 Å². The van der Waals surface area contributed by atoms with Gasteiger partial charge in [-0.1, -0.05) is 36.4 Å². The molecule has 4 heteroatoms.